The van der Waals surface area contributed by atoms with Crippen molar-refractivity contribution in [2.45, 2.75) is 38.4 Å². The molecule has 0 aliphatic carbocycles. The van der Waals surface area contributed by atoms with E-state index in [1.807, 2.05) is 12.3 Å². The van der Waals surface area contributed by atoms with Crippen LogP contribution in [0.15, 0.2) is 24.5 Å². The van der Waals surface area contributed by atoms with Crippen molar-refractivity contribution in [1.82, 2.24) is 24.5 Å². The molecule has 4 heterocycles. The van der Waals surface area contributed by atoms with Crippen LogP contribution in [-0.4, -0.2) is 37.6 Å². The van der Waals surface area contributed by atoms with Gasteiger partial charge in [-0.3, -0.25) is 14.3 Å². The molecule has 0 spiro atoms. The van der Waals surface area contributed by atoms with Crippen LogP contribution in [0.3, 0.4) is 0 Å². The van der Waals surface area contributed by atoms with Crippen LogP contribution in [0.4, 0.5) is 0 Å². The summed E-state index contributed by atoms with van der Waals surface area (Å²) in [6.45, 7) is 4.32. The van der Waals surface area contributed by atoms with Crippen molar-refractivity contribution in [3.05, 3.63) is 35.9 Å². The lowest BCUT2D eigenvalue weighted by Crippen LogP contribution is -2.21. The first-order valence-corrected chi connectivity index (χ1v) is 7.15. The van der Waals surface area contributed by atoms with Crippen molar-refractivity contribution >= 4 is 0 Å². The number of rotatable bonds is 3. The normalized spacial score (nSPS) is 23.1. The lowest BCUT2D eigenvalue weighted by atomic mass is 10.2. The van der Waals surface area contributed by atoms with Gasteiger partial charge in [0, 0.05) is 44.3 Å². The largest absolute Gasteiger partial charge is 0.295 e. The molecule has 19 heavy (non-hydrogen) atoms. The van der Waals surface area contributed by atoms with E-state index in [2.05, 4.69) is 31.6 Å². The Morgan fingerprint density at radius 2 is 2.32 bits per heavy atom. The predicted molar refractivity (Wildman–Crippen MR) is 71.7 cm³/mol. The molecular formula is C14H19N5. The maximum Gasteiger partial charge on any atom is 0.0767 e. The summed E-state index contributed by atoms with van der Waals surface area (Å²) in [5.41, 5.74) is 2.65. The van der Waals surface area contributed by atoms with E-state index in [0.29, 0.717) is 6.04 Å². The summed E-state index contributed by atoms with van der Waals surface area (Å²) in [6.07, 6.45) is 7.58. The third kappa shape index (κ3) is 2.08. The molecule has 1 atom stereocenters. The van der Waals surface area contributed by atoms with Crippen LogP contribution in [0.5, 0.6) is 0 Å². The molecule has 2 aromatic rings. The van der Waals surface area contributed by atoms with E-state index in [1.165, 1.54) is 30.7 Å². The summed E-state index contributed by atoms with van der Waals surface area (Å²) in [5, 5.41) is 9.05. The number of hydrogen-bond donors (Lipinski definition) is 0. The molecule has 2 aliphatic rings. The first-order chi connectivity index (χ1) is 9.38. The summed E-state index contributed by atoms with van der Waals surface area (Å²) in [7, 11) is 0. The minimum absolute atomic E-state index is 0.532. The van der Waals surface area contributed by atoms with Crippen LogP contribution in [0.2, 0.25) is 0 Å². The quantitative estimate of drug-likeness (QED) is 0.836. The van der Waals surface area contributed by atoms with Gasteiger partial charge in [0.05, 0.1) is 11.7 Å². The second kappa shape index (κ2) is 4.49. The van der Waals surface area contributed by atoms with Crippen molar-refractivity contribution < 1.29 is 0 Å². The molecule has 0 bridgehead atoms. The van der Waals surface area contributed by atoms with E-state index in [1.54, 1.807) is 0 Å². The van der Waals surface area contributed by atoms with Crippen molar-refractivity contribution in [2.75, 3.05) is 13.1 Å². The van der Waals surface area contributed by atoms with E-state index in [4.69, 9.17) is 5.10 Å². The Bertz CT molecular complexity index is 535. The summed E-state index contributed by atoms with van der Waals surface area (Å²) in [4.78, 5) is 2.49. The van der Waals surface area contributed by atoms with Gasteiger partial charge in [0.15, 0.2) is 0 Å². The average molecular weight is 257 g/mol. The van der Waals surface area contributed by atoms with Gasteiger partial charge >= 0.3 is 0 Å². The smallest absolute Gasteiger partial charge is 0.0767 e. The first kappa shape index (κ1) is 11.2. The molecule has 1 unspecified atom stereocenters. The number of fused-ring (bicyclic) bond motifs is 1. The van der Waals surface area contributed by atoms with Crippen LogP contribution in [0, 0.1) is 0 Å². The summed E-state index contributed by atoms with van der Waals surface area (Å²) >= 11 is 0. The van der Waals surface area contributed by atoms with Crippen LogP contribution >= 0.6 is 0 Å². The highest BCUT2D eigenvalue weighted by atomic mass is 15.3. The Morgan fingerprint density at radius 3 is 3.16 bits per heavy atom. The highest BCUT2D eigenvalue weighted by Gasteiger charge is 2.25. The zero-order valence-corrected chi connectivity index (χ0v) is 11.1. The Kier molecular flexibility index (Phi) is 2.65. The topological polar surface area (TPSA) is 38.9 Å². The van der Waals surface area contributed by atoms with Gasteiger partial charge in [-0.1, -0.05) is 0 Å². The third-order valence-electron chi connectivity index (χ3n) is 4.25. The summed E-state index contributed by atoms with van der Waals surface area (Å²) in [6, 6.07) is 4.82. The average Bonchev–Trinajstić information content (AvgIpc) is 3.12. The number of likely N-dealkylation sites (tertiary alicyclic amines) is 1. The molecule has 0 aromatic carbocycles. The molecular weight excluding hydrogens is 238 g/mol. The fraction of sp³-hybridized carbons (Fsp3) is 0.571. The first-order valence-electron chi connectivity index (χ1n) is 7.15. The number of aromatic nitrogens is 4. The minimum atomic E-state index is 0.532. The van der Waals surface area contributed by atoms with Gasteiger partial charge in [0.2, 0.25) is 0 Å². The van der Waals surface area contributed by atoms with Crippen molar-refractivity contribution in [3.63, 3.8) is 0 Å². The van der Waals surface area contributed by atoms with Crippen LogP contribution in [0.25, 0.3) is 0 Å². The fourth-order valence-electron chi connectivity index (χ4n) is 3.29. The van der Waals surface area contributed by atoms with E-state index in [0.717, 1.165) is 26.2 Å². The van der Waals surface area contributed by atoms with Crippen molar-refractivity contribution in [1.29, 1.82) is 0 Å². The number of hydrogen-bond acceptors (Lipinski definition) is 3. The van der Waals surface area contributed by atoms with E-state index in [-0.39, 0.29) is 0 Å². The van der Waals surface area contributed by atoms with E-state index >= 15 is 0 Å². The zero-order valence-electron chi connectivity index (χ0n) is 11.1. The molecule has 0 N–H and O–H groups in total. The summed E-state index contributed by atoms with van der Waals surface area (Å²) < 4.78 is 4.27. The monoisotopic (exact) mass is 257 g/mol. The van der Waals surface area contributed by atoms with Gasteiger partial charge in [-0.25, -0.2) is 0 Å². The Morgan fingerprint density at radius 1 is 1.32 bits per heavy atom. The van der Waals surface area contributed by atoms with Gasteiger partial charge in [-0.2, -0.15) is 10.2 Å². The Balaban J connectivity index is 1.41. The molecule has 2 aliphatic heterocycles. The molecule has 0 radical (unpaired) electrons. The highest BCUT2D eigenvalue weighted by molar-refractivity contribution is 5.13. The van der Waals surface area contributed by atoms with Crippen LogP contribution in [0.1, 0.15) is 30.3 Å². The number of nitrogens with zero attached hydrogens (tertiary/aromatic N) is 5. The molecule has 1 saturated heterocycles. The molecule has 4 rings (SSSR count). The van der Waals surface area contributed by atoms with Gasteiger partial charge in [-0.15, -0.1) is 0 Å². The lowest BCUT2D eigenvalue weighted by molar-refractivity contribution is 0.307. The maximum atomic E-state index is 4.69. The molecule has 5 heteroatoms. The van der Waals surface area contributed by atoms with Gasteiger partial charge in [0.1, 0.15) is 0 Å². The van der Waals surface area contributed by atoms with Crippen LogP contribution in [-0.2, 0) is 19.5 Å². The lowest BCUT2D eigenvalue weighted by Gasteiger charge is -2.14. The molecule has 0 amide bonds. The number of aryl methyl sites for hydroxylation is 2. The minimum Gasteiger partial charge on any atom is -0.295 e. The van der Waals surface area contributed by atoms with E-state index in [9.17, 15) is 0 Å². The Labute approximate surface area is 112 Å². The molecule has 100 valence electrons. The molecule has 2 aromatic heterocycles. The third-order valence-corrected chi connectivity index (χ3v) is 4.25. The van der Waals surface area contributed by atoms with Crippen molar-refractivity contribution in [2.24, 2.45) is 0 Å². The van der Waals surface area contributed by atoms with Crippen molar-refractivity contribution in [3.8, 4) is 0 Å². The molecule has 1 fully saturated rings. The SMILES string of the molecule is c1cnn(C2CCN(Cc3cc4n(n3)CCC4)C2)c1. The van der Waals surface area contributed by atoms with Gasteiger partial charge < -0.3 is 0 Å². The Hall–Kier alpha value is -1.62. The van der Waals surface area contributed by atoms with Gasteiger partial charge in [-0.05, 0) is 31.4 Å². The standard InChI is InChI=1S/C14H19N5/c1-3-13-9-12(16-19(13)6-1)10-17-8-4-14(11-17)18-7-2-5-15-18/h2,5,7,9,14H,1,3-4,6,8,10-11H2. The molecule has 5 nitrogen and oxygen atoms in total. The molecule has 0 saturated carbocycles. The second-order valence-corrected chi connectivity index (χ2v) is 5.62. The fourth-order valence-corrected chi connectivity index (χ4v) is 3.29. The highest BCUT2D eigenvalue weighted by Crippen LogP contribution is 2.23. The predicted octanol–water partition coefficient (Wildman–Crippen LogP) is 1.47. The van der Waals surface area contributed by atoms with E-state index < -0.39 is 0 Å². The van der Waals surface area contributed by atoms with Gasteiger partial charge in [0.25, 0.3) is 0 Å². The maximum absolute atomic E-state index is 4.69. The second-order valence-electron chi connectivity index (χ2n) is 5.62. The summed E-state index contributed by atoms with van der Waals surface area (Å²) in [5.74, 6) is 0. The van der Waals surface area contributed by atoms with Crippen LogP contribution < -0.4 is 0 Å². The zero-order chi connectivity index (χ0) is 12.7.